The van der Waals surface area contributed by atoms with Crippen LogP contribution < -0.4 is 5.32 Å². The van der Waals surface area contributed by atoms with Crippen LogP contribution in [0.4, 0.5) is 5.69 Å². The normalized spacial score (nSPS) is 15.6. The average Bonchev–Trinajstić information content (AvgIpc) is 3.13. The number of furan rings is 1. The Labute approximate surface area is 167 Å². The van der Waals surface area contributed by atoms with Crippen molar-refractivity contribution in [2.24, 2.45) is 0 Å². The van der Waals surface area contributed by atoms with E-state index < -0.39 is 5.41 Å². The molecule has 1 saturated carbocycles. The van der Waals surface area contributed by atoms with Crippen molar-refractivity contribution in [1.82, 2.24) is 5.16 Å². The van der Waals surface area contributed by atoms with E-state index in [-0.39, 0.29) is 5.91 Å². The van der Waals surface area contributed by atoms with E-state index in [0.717, 1.165) is 24.9 Å². The number of carbonyl (C=O) groups is 1. The van der Waals surface area contributed by atoms with E-state index in [9.17, 15) is 4.79 Å². The van der Waals surface area contributed by atoms with Crippen LogP contribution >= 0.6 is 0 Å². The molecule has 1 amide bonds. The molecule has 2 aliphatic carbocycles. The van der Waals surface area contributed by atoms with Gasteiger partial charge in [0.2, 0.25) is 11.7 Å². The zero-order chi connectivity index (χ0) is 19.4. The Morgan fingerprint density at radius 2 is 1.79 bits per heavy atom. The van der Waals surface area contributed by atoms with Crippen LogP contribution in [0.25, 0.3) is 22.6 Å². The first-order chi connectivity index (χ1) is 14.2. The number of hydrogen-bond donors (Lipinski definition) is 1. The van der Waals surface area contributed by atoms with Crippen molar-refractivity contribution in [2.75, 3.05) is 5.32 Å². The molecule has 0 unspecified atom stereocenters. The Kier molecular flexibility index (Phi) is 3.36. The first-order valence-electron chi connectivity index (χ1n) is 9.77. The van der Waals surface area contributed by atoms with Gasteiger partial charge in [0.15, 0.2) is 5.76 Å². The van der Waals surface area contributed by atoms with Gasteiger partial charge >= 0.3 is 0 Å². The summed E-state index contributed by atoms with van der Waals surface area (Å²) in [5.74, 6) is 1.12. The standard InChI is InChI=1S/C24H18N2O3/c27-23(24(9-10-24)22-14-21(29-26-22)20-6-3-11-28-20)25-17-7-8-19-16(13-17)12-15-4-1-2-5-18(15)19/h1-8,11,13-14H,9-10,12H2,(H,25,27). The fraction of sp³-hybridized carbons (Fsp3) is 0.167. The first kappa shape index (κ1) is 16.4. The van der Waals surface area contributed by atoms with Gasteiger partial charge in [-0.3, -0.25) is 4.79 Å². The van der Waals surface area contributed by atoms with E-state index >= 15 is 0 Å². The molecule has 0 saturated heterocycles. The highest BCUT2D eigenvalue weighted by Gasteiger charge is 2.54. The van der Waals surface area contributed by atoms with Crippen LogP contribution in [-0.2, 0) is 16.6 Å². The second kappa shape index (κ2) is 5.95. The van der Waals surface area contributed by atoms with E-state index in [1.165, 1.54) is 22.3 Å². The summed E-state index contributed by atoms with van der Waals surface area (Å²) in [5.41, 5.74) is 5.98. The molecule has 2 heterocycles. The van der Waals surface area contributed by atoms with Crippen LogP contribution in [0.1, 0.15) is 29.7 Å². The summed E-state index contributed by atoms with van der Waals surface area (Å²) < 4.78 is 10.8. The number of fused-ring (bicyclic) bond motifs is 3. The molecule has 0 aliphatic heterocycles. The molecule has 2 aromatic heterocycles. The minimum Gasteiger partial charge on any atom is -0.461 e. The van der Waals surface area contributed by atoms with Gasteiger partial charge in [-0.25, -0.2) is 0 Å². The molecule has 0 radical (unpaired) electrons. The molecule has 2 aromatic carbocycles. The van der Waals surface area contributed by atoms with E-state index in [4.69, 9.17) is 8.94 Å². The number of benzene rings is 2. The first-order valence-corrected chi connectivity index (χ1v) is 9.77. The average molecular weight is 382 g/mol. The fourth-order valence-corrected chi connectivity index (χ4v) is 4.23. The third-order valence-electron chi connectivity index (χ3n) is 6.00. The van der Waals surface area contributed by atoms with Gasteiger partial charge in [-0.15, -0.1) is 0 Å². The van der Waals surface area contributed by atoms with E-state index in [1.54, 1.807) is 12.3 Å². The van der Waals surface area contributed by atoms with Crippen molar-refractivity contribution in [3.05, 3.63) is 83.7 Å². The minimum atomic E-state index is -0.615. The molecular weight excluding hydrogens is 364 g/mol. The number of nitrogens with one attached hydrogen (secondary N) is 1. The zero-order valence-electron chi connectivity index (χ0n) is 15.6. The Morgan fingerprint density at radius 1 is 0.931 bits per heavy atom. The van der Waals surface area contributed by atoms with Gasteiger partial charge in [0, 0.05) is 11.8 Å². The quantitative estimate of drug-likeness (QED) is 0.465. The van der Waals surface area contributed by atoms with Crippen molar-refractivity contribution in [3.63, 3.8) is 0 Å². The predicted octanol–water partition coefficient (Wildman–Crippen LogP) is 5.18. The summed E-state index contributed by atoms with van der Waals surface area (Å²) in [6, 6.07) is 20.0. The Bertz CT molecular complexity index is 1230. The highest BCUT2D eigenvalue weighted by molar-refractivity contribution is 6.01. The van der Waals surface area contributed by atoms with E-state index in [0.29, 0.717) is 17.2 Å². The Hall–Kier alpha value is -3.60. The highest BCUT2D eigenvalue weighted by Crippen LogP contribution is 2.49. The molecule has 4 aromatic rings. The molecule has 1 N–H and O–H groups in total. The van der Waals surface area contributed by atoms with Crippen LogP contribution in [-0.4, -0.2) is 11.1 Å². The van der Waals surface area contributed by atoms with E-state index in [2.05, 4.69) is 46.9 Å². The number of amides is 1. The number of aromatic nitrogens is 1. The predicted molar refractivity (Wildman–Crippen MR) is 108 cm³/mol. The second-order valence-electron chi connectivity index (χ2n) is 7.80. The van der Waals surface area contributed by atoms with Crippen molar-refractivity contribution in [1.29, 1.82) is 0 Å². The Morgan fingerprint density at radius 3 is 2.62 bits per heavy atom. The van der Waals surface area contributed by atoms with Gasteiger partial charge in [0.05, 0.1) is 17.4 Å². The minimum absolute atomic E-state index is 0.0349. The van der Waals surface area contributed by atoms with Crippen LogP contribution in [0.5, 0.6) is 0 Å². The molecule has 0 atom stereocenters. The number of carbonyl (C=O) groups excluding carboxylic acids is 1. The third kappa shape index (κ3) is 2.54. The number of anilines is 1. The Balaban J connectivity index is 1.25. The summed E-state index contributed by atoms with van der Waals surface area (Å²) in [5, 5.41) is 7.26. The van der Waals surface area contributed by atoms with Gasteiger partial charge in [-0.05, 0) is 65.8 Å². The maximum atomic E-state index is 13.1. The molecular formula is C24H18N2O3. The highest BCUT2D eigenvalue weighted by atomic mass is 16.5. The lowest BCUT2D eigenvalue weighted by Crippen LogP contribution is -2.28. The molecule has 29 heavy (non-hydrogen) atoms. The lowest BCUT2D eigenvalue weighted by molar-refractivity contribution is -0.118. The molecule has 0 spiro atoms. The van der Waals surface area contributed by atoms with Crippen molar-refractivity contribution in [3.8, 4) is 22.6 Å². The maximum absolute atomic E-state index is 13.1. The fourth-order valence-electron chi connectivity index (χ4n) is 4.23. The molecule has 142 valence electrons. The van der Waals surface area contributed by atoms with Gasteiger partial charge in [0.25, 0.3) is 0 Å². The van der Waals surface area contributed by atoms with Crippen LogP contribution in [0, 0.1) is 0 Å². The van der Waals surface area contributed by atoms with Gasteiger partial charge in [0.1, 0.15) is 0 Å². The summed E-state index contributed by atoms with van der Waals surface area (Å²) in [4.78, 5) is 13.1. The zero-order valence-corrected chi connectivity index (χ0v) is 15.6. The van der Waals surface area contributed by atoms with Crippen LogP contribution in [0.2, 0.25) is 0 Å². The number of nitrogens with zero attached hydrogens (tertiary/aromatic N) is 1. The molecule has 2 aliphatic rings. The van der Waals surface area contributed by atoms with E-state index in [1.807, 2.05) is 18.2 Å². The molecule has 6 rings (SSSR count). The summed E-state index contributed by atoms with van der Waals surface area (Å²) in [6.07, 6.45) is 4.01. The van der Waals surface area contributed by atoms with Crippen molar-refractivity contribution in [2.45, 2.75) is 24.7 Å². The summed E-state index contributed by atoms with van der Waals surface area (Å²) in [7, 11) is 0. The molecule has 1 fully saturated rings. The van der Waals surface area contributed by atoms with Crippen molar-refractivity contribution < 1.29 is 13.7 Å². The molecule has 0 bridgehead atoms. The topological polar surface area (TPSA) is 68.3 Å². The molecule has 5 heteroatoms. The smallest absolute Gasteiger partial charge is 0.236 e. The number of hydrogen-bond acceptors (Lipinski definition) is 4. The van der Waals surface area contributed by atoms with Crippen LogP contribution in [0.3, 0.4) is 0 Å². The summed E-state index contributed by atoms with van der Waals surface area (Å²) >= 11 is 0. The summed E-state index contributed by atoms with van der Waals surface area (Å²) in [6.45, 7) is 0. The molecule has 5 nitrogen and oxygen atoms in total. The third-order valence-corrected chi connectivity index (χ3v) is 6.00. The van der Waals surface area contributed by atoms with Gasteiger partial charge in [-0.2, -0.15) is 0 Å². The largest absolute Gasteiger partial charge is 0.461 e. The maximum Gasteiger partial charge on any atom is 0.236 e. The van der Waals surface area contributed by atoms with Crippen LogP contribution in [0.15, 0.2) is 75.9 Å². The van der Waals surface area contributed by atoms with Gasteiger partial charge in [-0.1, -0.05) is 35.5 Å². The lowest BCUT2D eigenvalue weighted by atomic mass is 10.0. The second-order valence-corrected chi connectivity index (χ2v) is 7.80. The number of rotatable bonds is 4. The monoisotopic (exact) mass is 382 g/mol. The SMILES string of the molecule is O=C(Nc1ccc2c(c1)Cc1ccccc1-2)C1(c2cc(-c3ccco3)on2)CC1. The van der Waals surface area contributed by atoms with Gasteiger partial charge < -0.3 is 14.3 Å². The van der Waals surface area contributed by atoms with Crippen molar-refractivity contribution >= 4 is 11.6 Å². The lowest BCUT2D eigenvalue weighted by Gasteiger charge is -2.13.